The molecule has 0 bridgehead atoms. The first-order valence-electron chi connectivity index (χ1n) is 8.13. The molecule has 1 aromatic rings. The summed E-state index contributed by atoms with van der Waals surface area (Å²) in [5, 5.41) is 3.37. The molecule has 4 nitrogen and oxygen atoms in total. The molecule has 0 radical (unpaired) electrons. The second kappa shape index (κ2) is 6.21. The van der Waals surface area contributed by atoms with Crippen LogP contribution in [0.4, 0.5) is 0 Å². The molecule has 1 N–H and O–H groups in total. The number of carbonyl (C=O) groups is 2. The highest BCUT2D eigenvalue weighted by molar-refractivity contribution is 5.99. The van der Waals surface area contributed by atoms with Gasteiger partial charge < -0.3 is 10.2 Å². The lowest BCUT2D eigenvalue weighted by Gasteiger charge is -2.17. The quantitative estimate of drug-likeness (QED) is 0.865. The predicted octanol–water partition coefficient (Wildman–Crippen LogP) is 1.94. The Morgan fingerprint density at radius 1 is 1.14 bits per heavy atom. The van der Waals surface area contributed by atoms with Crippen molar-refractivity contribution in [3.63, 3.8) is 0 Å². The summed E-state index contributed by atoms with van der Waals surface area (Å²) in [4.78, 5) is 26.6. The maximum Gasteiger partial charge on any atom is 0.223 e. The third-order valence-corrected chi connectivity index (χ3v) is 5.00. The molecule has 0 aliphatic carbocycles. The summed E-state index contributed by atoms with van der Waals surface area (Å²) in [6, 6.07) is 5.90. The average molecular weight is 300 g/mol. The van der Waals surface area contributed by atoms with Crippen molar-refractivity contribution in [2.24, 2.45) is 11.8 Å². The first-order valence-corrected chi connectivity index (χ1v) is 8.13. The minimum atomic E-state index is 0.0793. The molecule has 4 heteroatoms. The number of aryl methyl sites for hydroxylation is 2. The fourth-order valence-electron chi connectivity index (χ4n) is 3.61. The van der Waals surface area contributed by atoms with Crippen LogP contribution in [0, 0.1) is 25.7 Å². The summed E-state index contributed by atoms with van der Waals surface area (Å²) in [5.41, 5.74) is 2.83. The second-order valence-corrected chi connectivity index (χ2v) is 6.72. The Hall–Kier alpha value is -1.68. The van der Waals surface area contributed by atoms with E-state index in [2.05, 4.69) is 5.32 Å². The third kappa shape index (κ3) is 3.07. The van der Waals surface area contributed by atoms with Crippen LogP contribution in [0.15, 0.2) is 18.2 Å². The molecule has 0 unspecified atom stereocenters. The highest BCUT2D eigenvalue weighted by Crippen LogP contribution is 2.27. The van der Waals surface area contributed by atoms with E-state index in [0.29, 0.717) is 24.7 Å². The number of ketones is 1. The number of hydrogen-bond acceptors (Lipinski definition) is 3. The second-order valence-electron chi connectivity index (χ2n) is 6.72. The van der Waals surface area contributed by atoms with Gasteiger partial charge in [-0.25, -0.2) is 0 Å². The fraction of sp³-hybridized carbons (Fsp3) is 0.556. The largest absolute Gasteiger partial charge is 0.342 e. The average Bonchev–Trinajstić information content (AvgIpc) is 3.08. The van der Waals surface area contributed by atoms with Crippen LogP contribution in [0.25, 0.3) is 0 Å². The number of likely N-dealkylation sites (tertiary alicyclic amines) is 1. The molecule has 2 heterocycles. The van der Waals surface area contributed by atoms with Gasteiger partial charge in [-0.05, 0) is 37.3 Å². The van der Waals surface area contributed by atoms with E-state index in [1.54, 1.807) is 0 Å². The van der Waals surface area contributed by atoms with E-state index in [1.807, 2.05) is 36.9 Å². The Kier molecular flexibility index (Phi) is 4.30. The summed E-state index contributed by atoms with van der Waals surface area (Å²) < 4.78 is 0. The number of fused-ring (bicyclic) bond motifs is 1. The van der Waals surface area contributed by atoms with E-state index in [-0.39, 0.29) is 11.7 Å². The summed E-state index contributed by atoms with van der Waals surface area (Å²) in [7, 11) is 0. The molecule has 0 saturated carbocycles. The van der Waals surface area contributed by atoms with Gasteiger partial charge in [0.15, 0.2) is 5.78 Å². The predicted molar refractivity (Wildman–Crippen MR) is 85.9 cm³/mol. The number of benzene rings is 1. The molecule has 0 aromatic heterocycles. The van der Waals surface area contributed by atoms with Gasteiger partial charge in [0.1, 0.15) is 0 Å². The Morgan fingerprint density at radius 3 is 2.50 bits per heavy atom. The summed E-state index contributed by atoms with van der Waals surface area (Å²) >= 11 is 0. The highest BCUT2D eigenvalue weighted by atomic mass is 16.2. The van der Waals surface area contributed by atoms with Crippen LogP contribution in [0.2, 0.25) is 0 Å². The molecular weight excluding hydrogens is 276 g/mol. The van der Waals surface area contributed by atoms with E-state index in [1.165, 1.54) is 0 Å². The fourth-order valence-corrected chi connectivity index (χ4v) is 3.61. The summed E-state index contributed by atoms with van der Waals surface area (Å²) in [6.07, 6.45) is 0.645. The van der Waals surface area contributed by atoms with Gasteiger partial charge >= 0.3 is 0 Å². The van der Waals surface area contributed by atoms with Crippen molar-refractivity contribution >= 4 is 11.7 Å². The molecule has 1 aromatic carbocycles. The van der Waals surface area contributed by atoms with E-state index in [0.717, 1.165) is 42.9 Å². The minimum Gasteiger partial charge on any atom is -0.342 e. The first-order chi connectivity index (χ1) is 10.5. The van der Waals surface area contributed by atoms with Crippen molar-refractivity contribution in [2.75, 3.05) is 26.2 Å². The van der Waals surface area contributed by atoms with Crippen molar-refractivity contribution in [3.05, 3.63) is 34.9 Å². The molecule has 118 valence electrons. The normalized spacial score (nSPS) is 23.6. The number of Topliss-reactive ketones (excluding diaryl/α,β-unsaturated/α-hetero) is 1. The molecule has 2 atom stereocenters. The third-order valence-electron chi connectivity index (χ3n) is 5.00. The minimum absolute atomic E-state index is 0.0793. The Bertz CT molecular complexity index is 585. The smallest absolute Gasteiger partial charge is 0.223 e. The zero-order valence-electron chi connectivity index (χ0n) is 13.4. The van der Waals surface area contributed by atoms with Gasteiger partial charge in [-0.1, -0.05) is 17.7 Å². The Labute approximate surface area is 131 Å². The lowest BCUT2D eigenvalue weighted by atomic mass is 9.99. The maximum absolute atomic E-state index is 12.4. The van der Waals surface area contributed by atoms with Crippen LogP contribution >= 0.6 is 0 Å². The molecule has 22 heavy (non-hydrogen) atoms. The van der Waals surface area contributed by atoms with Crippen LogP contribution in [0.3, 0.4) is 0 Å². The van der Waals surface area contributed by atoms with Crippen molar-refractivity contribution in [1.82, 2.24) is 10.2 Å². The Balaban J connectivity index is 1.55. The maximum atomic E-state index is 12.4. The van der Waals surface area contributed by atoms with Gasteiger partial charge in [0.25, 0.3) is 0 Å². The van der Waals surface area contributed by atoms with Gasteiger partial charge in [-0.3, -0.25) is 9.59 Å². The molecule has 1 amide bonds. The van der Waals surface area contributed by atoms with E-state index < -0.39 is 0 Å². The molecular formula is C18H24N2O2. The first kappa shape index (κ1) is 15.2. The van der Waals surface area contributed by atoms with Gasteiger partial charge in [-0.2, -0.15) is 0 Å². The summed E-state index contributed by atoms with van der Waals surface area (Å²) in [6.45, 7) is 7.69. The van der Waals surface area contributed by atoms with Crippen LogP contribution in [-0.4, -0.2) is 42.8 Å². The highest BCUT2D eigenvalue weighted by Gasteiger charge is 2.37. The van der Waals surface area contributed by atoms with E-state index in [4.69, 9.17) is 0 Å². The molecule has 2 aliphatic rings. The van der Waals surface area contributed by atoms with Gasteiger partial charge in [0.2, 0.25) is 5.91 Å². The number of carbonyl (C=O) groups excluding carboxylic acids is 2. The van der Waals surface area contributed by atoms with Crippen molar-refractivity contribution < 1.29 is 9.59 Å². The molecule has 2 aliphatic heterocycles. The van der Waals surface area contributed by atoms with Crippen LogP contribution in [0.5, 0.6) is 0 Å². The van der Waals surface area contributed by atoms with Crippen LogP contribution in [0.1, 0.15) is 34.3 Å². The monoisotopic (exact) mass is 300 g/mol. The molecule has 2 fully saturated rings. The van der Waals surface area contributed by atoms with Gasteiger partial charge in [0, 0.05) is 44.6 Å². The standard InChI is InChI=1S/C18H24N2O2/c1-12-3-4-13(2)16(7-12)17(21)5-6-18(22)20-10-14-8-19-9-15(14)11-20/h3-4,7,14-15,19H,5-6,8-11H2,1-2H3/t14-,15+. The molecule has 2 saturated heterocycles. The van der Waals surface area contributed by atoms with Crippen molar-refractivity contribution in [1.29, 1.82) is 0 Å². The number of nitrogens with one attached hydrogen (secondary N) is 1. The zero-order valence-corrected chi connectivity index (χ0v) is 13.4. The molecule has 3 rings (SSSR count). The SMILES string of the molecule is Cc1ccc(C)c(C(=O)CCC(=O)N2C[C@H]3CNC[C@H]3C2)c1. The van der Waals surface area contributed by atoms with Crippen molar-refractivity contribution in [3.8, 4) is 0 Å². The topological polar surface area (TPSA) is 49.4 Å². The van der Waals surface area contributed by atoms with Crippen molar-refractivity contribution in [2.45, 2.75) is 26.7 Å². The zero-order chi connectivity index (χ0) is 15.7. The van der Waals surface area contributed by atoms with Gasteiger partial charge in [-0.15, -0.1) is 0 Å². The lowest BCUT2D eigenvalue weighted by molar-refractivity contribution is -0.130. The number of rotatable bonds is 4. The van der Waals surface area contributed by atoms with Gasteiger partial charge in [0.05, 0.1) is 0 Å². The van der Waals surface area contributed by atoms with Crippen LogP contribution < -0.4 is 5.32 Å². The van der Waals surface area contributed by atoms with E-state index in [9.17, 15) is 9.59 Å². The summed E-state index contributed by atoms with van der Waals surface area (Å²) in [5.74, 6) is 1.43. The molecule has 0 spiro atoms. The van der Waals surface area contributed by atoms with E-state index >= 15 is 0 Å². The van der Waals surface area contributed by atoms with Crippen LogP contribution in [-0.2, 0) is 4.79 Å². The number of nitrogens with zero attached hydrogens (tertiary/aromatic N) is 1. The number of amides is 1. The lowest BCUT2D eigenvalue weighted by Crippen LogP contribution is -2.32. The Morgan fingerprint density at radius 2 is 1.82 bits per heavy atom. The number of hydrogen-bond donors (Lipinski definition) is 1.